The van der Waals surface area contributed by atoms with Crippen LogP contribution in [0.25, 0.3) is 0 Å². The van der Waals surface area contributed by atoms with Gasteiger partial charge >= 0.3 is 0 Å². The lowest BCUT2D eigenvalue weighted by Crippen LogP contribution is -2.20. The van der Waals surface area contributed by atoms with Gasteiger partial charge in [-0.2, -0.15) is 0 Å². The fourth-order valence-electron chi connectivity index (χ4n) is 0.502. The van der Waals surface area contributed by atoms with E-state index in [1.807, 2.05) is 0 Å². The third-order valence-electron chi connectivity index (χ3n) is 0.979. The maximum Gasteiger partial charge on any atom is 0.281 e. The predicted molar refractivity (Wildman–Crippen MR) is 39.2 cm³/mol. The molecule has 1 aromatic heterocycles. The van der Waals surface area contributed by atoms with Crippen LogP contribution < -0.4 is 4.89 Å². The van der Waals surface area contributed by atoms with E-state index in [0.29, 0.717) is 0 Å². The summed E-state index contributed by atoms with van der Waals surface area (Å²) < 4.78 is 21.7. The summed E-state index contributed by atoms with van der Waals surface area (Å²) in [5, 5.41) is 7.69. The van der Waals surface area contributed by atoms with Gasteiger partial charge in [-0.15, -0.1) is 0 Å². The molecule has 0 radical (unpaired) electrons. The van der Waals surface area contributed by atoms with Gasteiger partial charge in [0.1, 0.15) is 5.15 Å². The van der Waals surface area contributed by atoms with Crippen LogP contribution in [0.2, 0.25) is 5.15 Å². The summed E-state index contributed by atoms with van der Waals surface area (Å²) in [6.45, 7) is 0. The Morgan fingerprint density at radius 2 is 2.17 bits per heavy atom. The van der Waals surface area contributed by atoms with E-state index in [1.165, 1.54) is 6.20 Å². The molecule has 0 aliphatic carbocycles. The van der Waals surface area contributed by atoms with Gasteiger partial charge in [0.05, 0.1) is 12.4 Å². The first kappa shape index (κ1) is 9.33. The molecule has 1 rings (SSSR count). The van der Waals surface area contributed by atoms with Crippen molar-refractivity contribution in [2.24, 2.45) is 0 Å². The van der Waals surface area contributed by atoms with Gasteiger partial charge in [-0.25, -0.2) is 13.4 Å². The van der Waals surface area contributed by atoms with Crippen molar-refractivity contribution in [3.05, 3.63) is 17.5 Å². The van der Waals surface area contributed by atoms with Crippen molar-refractivity contribution in [2.75, 3.05) is 0 Å². The van der Waals surface area contributed by atoms with Crippen LogP contribution in [0.3, 0.4) is 0 Å². The molecule has 0 spiro atoms. The van der Waals surface area contributed by atoms with E-state index >= 15 is 0 Å². The van der Waals surface area contributed by atoms with Crippen molar-refractivity contribution in [3.8, 4) is 0 Å². The van der Waals surface area contributed by atoms with Crippen LogP contribution in [0.15, 0.2) is 17.4 Å². The zero-order valence-electron chi connectivity index (χ0n) is 5.60. The normalized spacial score (nSPS) is 11.5. The Balaban J connectivity index is 3.21. The molecule has 2 N–H and O–H groups in total. The highest BCUT2D eigenvalue weighted by molar-refractivity contribution is 7.89. The minimum absolute atomic E-state index is 0.0636. The van der Waals surface area contributed by atoms with Crippen molar-refractivity contribution >= 4 is 21.6 Å². The third kappa shape index (κ3) is 1.89. The highest BCUT2D eigenvalue weighted by Crippen LogP contribution is 2.06. The summed E-state index contributed by atoms with van der Waals surface area (Å²) in [7, 11) is -3.97. The van der Waals surface area contributed by atoms with E-state index in [9.17, 15) is 8.42 Å². The number of hydrogen-bond donors (Lipinski definition) is 2. The van der Waals surface area contributed by atoms with Crippen LogP contribution in [-0.4, -0.2) is 23.6 Å². The maximum atomic E-state index is 10.8. The molecular formula is C4H4ClN3O3S. The van der Waals surface area contributed by atoms with Crippen LogP contribution in [0.5, 0.6) is 0 Å². The van der Waals surface area contributed by atoms with Crippen LogP contribution in [0.1, 0.15) is 0 Å². The van der Waals surface area contributed by atoms with Gasteiger partial charge in [-0.05, 0) is 0 Å². The summed E-state index contributed by atoms with van der Waals surface area (Å²) in [5.74, 6) is 0. The second-order valence-electron chi connectivity index (χ2n) is 1.77. The van der Waals surface area contributed by atoms with Gasteiger partial charge in [0.25, 0.3) is 10.0 Å². The minimum atomic E-state index is -3.97. The molecule has 0 atom stereocenters. The second-order valence-corrected chi connectivity index (χ2v) is 3.77. The van der Waals surface area contributed by atoms with Gasteiger partial charge in [0.2, 0.25) is 0 Å². The molecule has 0 saturated heterocycles. The highest BCUT2D eigenvalue weighted by atomic mass is 35.5. The van der Waals surface area contributed by atoms with Gasteiger partial charge < -0.3 is 5.21 Å². The molecule has 1 heterocycles. The Bertz CT molecular complexity index is 379. The number of rotatable bonds is 2. The van der Waals surface area contributed by atoms with Gasteiger partial charge in [-0.1, -0.05) is 16.5 Å². The topological polar surface area (TPSA) is 92.2 Å². The molecule has 12 heavy (non-hydrogen) atoms. The molecule has 8 heteroatoms. The first-order chi connectivity index (χ1) is 5.56. The summed E-state index contributed by atoms with van der Waals surface area (Å²) in [6.07, 6.45) is 2.14. The largest absolute Gasteiger partial charge is 0.302 e. The number of hydrogen-bond acceptors (Lipinski definition) is 5. The average molecular weight is 210 g/mol. The molecule has 0 aliphatic rings. The number of sulfonamides is 1. The van der Waals surface area contributed by atoms with Gasteiger partial charge in [0.15, 0.2) is 5.03 Å². The molecule has 6 nitrogen and oxygen atoms in total. The van der Waals surface area contributed by atoms with Crippen LogP contribution >= 0.6 is 11.6 Å². The minimum Gasteiger partial charge on any atom is -0.302 e. The summed E-state index contributed by atoms with van der Waals surface area (Å²) >= 11 is 5.36. The molecule has 0 fully saturated rings. The smallest absolute Gasteiger partial charge is 0.281 e. The van der Waals surface area contributed by atoms with E-state index in [0.717, 1.165) is 11.1 Å². The molecule has 0 bridgehead atoms. The van der Waals surface area contributed by atoms with Crippen molar-refractivity contribution in [3.63, 3.8) is 0 Å². The first-order valence-electron chi connectivity index (χ1n) is 2.70. The lowest BCUT2D eigenvalue weighted by atomic mass is 10.8. The predicted octanol–water partition coefficient (Wildman–Crippen LogP) is -0.203. The van der Waals surface area contributed by atoms with Crippen LogP contribution in [0, 0.1) is 0 Å². The second kappa shape index (κ2) is 3.31. The zero-order valence-corrected chi connectivity index (χ0v) is 7.17. The Hall–Kier alpha value is -0.760. The Morgan fingerprint density at radius 1 is 1.50 bits per heavy atom. The monoisotopic (exact) mass is 209 g/mol. The maximum absolute atomic E-state index is 10.8. The summed E-state index contributed by atoms with van der Waals surface area (Å²) in [6, 6.07) is 0. The first-order valence-corrected chi connectivity index (χ1v) is 4.56. The standard InChI is InChI=1S/C4H4ClN3O3S/c5-3-1-6-2-4(7-3)12(10,11)8-9/h1-2,8-9H. The lowest BCUT2D eigenvalue weighted by molar-refractivity contribution is 0.242. The lowest BCUT2D eigenvalue weighted by Gasteiger charge is -1.98. The van der Waals surface area contributed by atoms with E-state index in [4.69, 9.17) is 16.8 Å². The molecule has 1 aromatic rings. The highest BCUT2D eigenvalue weighted by Gasteiger charge is 2.14. The van der Waals surface area contributed by atoms with E-state index in [1.54, 1.807) is 0 Å². The average Bonchev–Trinajstić information content (AvgIpc) is 2.05. The molecule has 0 saturated carbocycles. The fourth-order valence-corrected chi connectivity index (χ4v) is 1.21. The van der Waals surface area contributed by atoms with E-state index < -0.39 is 15.0 Å². The number of aromatic nitrogens is 2. The summed E-state index contributed by atoms with van der Waals surface area (Å²) in [4.78, 5) is 7.98. The van der Waals surface area contributed by atoms with Crippen molar-refractivity contribution in [1.82, 2.24) is 14.9 Å². The van der Waals surface area contributed by atoms with Crippen molar-refractivity contribution in [1.29, 1.82) is 0 Å². The van der Waals surface area contributed by atoms with Gasteiger partial charge in [0, 0.05) is 0 Å². The molecule has 0 unspecified atom stereocenters. The number of halogens is 1. The molecule has 0 amide bonds. The van der Waals surface area contributed by atoms with Crippen LogP contribution in [0.4, 0.5) is 0 Å². The van der Waals surface area contributed by atoms with Crippen molar-refractivity contribution < 1.29 is 13.6 Å². The van der Waals surface area contributed by atoms with E-state index in [-0.39, 0.29) is 5.15 Å². The quantitative estimate of drug-likeness (QED) is 0.658. The zero-order chi connectivity index (χ0) is 9.19. The van der Waals surface area contributed by atoms with Crippen molar-refractivity contribution in [2.45, 2.75) is 5.03 Å². The number of nitrogens with zero attached hydrogens (tertiary/aromatic N) is 2. The third-order valence-corrected chi connectivity index (χ3v) is 2.15. The Labute approximate surface area is 73.2 Å². The van der Waals surface area contributed by atoms with E-state index in [2.05, 4.69) is 9.97 Å². The van der Waals surface area contributed by atoms with Gasteiger partial charge in [-0.3, -0.25) is 4.98 Å². The molecule has 0 aliphatic heterocycles. The summed E-state index contributed by atoms with van der Waals surface area (Å²) in [5.41, 5.74) is 0. The van der Waals surface area contributed by atoms with Crippen LogP contribution in [-0.2, 0) is 10.0 Å². The fraction of sp³-hybridized carbons (Fsp3) is 0. The Morgan fingerprint density at radius 3 is 2.67 bits per heavy atom. The molecular weight excluding hydrogens is 206 g/mol. The number of nitrogens with one attached hydrogen (secondary N) is 1. The Kier molecular flexibility index (Phi) is 2.58. The molecule has 66 valence electrons. The SMILES string of the molecule is O=S(=O)(NO)c1cncc(Cl)n1. The molecule has 0 aromatic carbocycles.